The number of anilines is 1. The summed E-state index contributed by atoms with van der Waals surface area (Å²) in [6, 6.07) is 21.3. The third-order valence-electron chi connectivity index (χ3n) is 4.68. The average molecular weight is 449 g/mol. The fourth-order valence-corrected chi connectivity index (χ4v) is 3.94. The number of hydrogen-bond donors (Lipinski definition) is 1. The van der Waals surface area contributed by atoms with Crippen molar-refractivity contribution in [2.75, 3.05) is 18.2 Å². The van der Waals surface area contributed by atoms with E-state index in [2.05, 4.69) is 15.5 Å². The van der Waals surface area contributed by atoms with Crippen molar-refractivity contribution in [1.29, 1.82) is 0 Å². The van der Waals surface area contributed by atoms with Gasteiger partial charge in [-0.3, -0.25) is 9.36 Å². The lowest BCUT2D eigenvalue weighted by Gasteiger charge is -2.11. The zero-order valence-electron chi connectivity index (χ0n) is 17.6. The minimum absolute atomic E-state index is 0.0959. The van der Waals surface area contributed by atoms with Crippen LogP contribution in [0.3, 0.4) is 0 Å². The highest BCUT2D eigenvalue weighted by atomic mass is 32.2. The highest BCUT2D eigenvalue weighted by Gasteiger charge is 2.18. The van der Waals surface area contributed by atoms with Gasteiger partial charge in [0.2, 0.25) is 5.91 Å². The third-order valence-corrected chi connectivity index (χ3v) is 5.61. The monoisotopic (exact) mass is 448 g/mol. The number of thioether (sulfide) groups is 1. The maximum Gasteiger partial charge on any atom is 0.234 e. The number of nitrogens with zero attached hydrogens (tertiary/aromatic N) is 3. The van der Waals surface area contributed by atoms with Gasteiger partial charge in [-0.15, -0.1) is 10.2 Å². The van der Waals surface area contributed by atoms with E-state index in [4.69, 9.17) is 4.74 Å². The minimum Gasteiger partial charge on any atom is -0.497 e. The topological polar surface area (TPSA) is 69.0 Å². The molecule has 1 aromatic heterocycles. The van der Waals surface area contributed by atoms with Gasteiger partial charge in [0, 0.05) is 16.9 Å². The molecule has 1 N–H and O–H groups in total. The molecule has 0 saturated heterocycles. The van der Waals surface area contributed by atoms with Crippen molar-refractivity contribution in [2.45, 2.75) is 12.1 Å². The van der Waals surface area contributed by atoms with Crippen molar-refractivity contribution in [3.63, 3.8) is 0 Å². The summed E-state index contributed by atoms with van der Waals surface area (Å²) in [5.74, 6) is 0.840. The SMILES string of the molecule is COc1ccc(-n2c(SCC(=O)Nc3cccc(F)c3)nnc2-c2cccc(C)c2)cc1. The van der Waals surface area contributed by atoms with E-state index in [1.54, 1.807) is 19.2 Å². The third kappa shape index (κ3) is 4.97. The van der Waals surface area contributed by atoms with Crippen molar-refractivity contribution in [2.24, 2.45) is 0 Å². The molecule has 3 aromatic carbocycles. The van der Waals surface area contributed by atoms with Gasteiger partial charge in [0.05, 0.1) is 12.9 Å². The molecule has 0 bridgehead atoms. The summed E-state index contributed by atoms with van der Waals surface area (Å²) >= 11 is 1.26. The van der Waals surface area contributed by atoms with Crippen molar-refractivity contribution in [3.05, 3.63) is 84.2 Å². The Morgan fingerprint density at radius 2 is 1.84 bits per heavy atom. The second-order valence-electron chi connectivity index (χ2n) is 7.06. The van der Waals surface area contributed by atoms with E-state index in [9.17, 15) is 9.18 Å². The zero-order chi connectivity index (χ0) is 22.5. The van der Waals surface area contributed by atoms with Crippen molar-refractivity contribution >= 4 is 23.4 Å². The fourth-order valence-electron chi connectivity index (χ4n) is 3.19. The summed E-state index contributed by atoms with van der Waals surface area (Å²) in [5, 5.41) is 12.0. The Morgan fingerprint density at radius 3 is 2.56 bits per heavy atom. The number of benzene rings is 3. The van der Waals surface area contributed by atoms with Crippen molar-refractivity contribution in [3.8, 4) is 22.8 Å². The highest BCUT2D eigenvalue weighted by Crippen LogP contribution is 2.29. The first-order chi connectivity index (χ1) is 15.5. The molecule has 0 fully saturated rings. The smallest absolute Gasteiger partial charge is 0.234 e. The summed E-state index contributed by atoms with van der Waals surface area (Å²) in [4.78, 5) is 12.4. The second kappa shape index (κ2) is 9.65. The summed E-state index contributed by atoms with van der Waals surface area (Å²) < 4.78 is 20.5. The molecule has 0 spiro atoms. The van der Waals surface area contributed by atoms with Crippen LogP contribution in [0.15, 0.2) is 78.0 Å². The van der Waals surface area contributed by atoms with Crippen LogP contribution in [-0.2, 0) is 4.79 Å². The van der Waals surface area contributed by atoms with E-state index >= 15 is 0 Å². The van der Waals surface area contributed by atoms with Crippen LogP contribution in [-0.4, -0.2) is 33.5 Å². The number of nitrogens with one attached hydrogen (secondary N) is 1. The lowest BCUT2D eigenvalue weighted by atomic mass is 10.1. The molecular formula is C24H21FN4O2S. The molecule has 0 aliphatic carbocycles. The van der Waals surface area contributed by atoms with E-state index in [1.807, 2.05) is 60.0 Å². The predicted octanol–water partition coefficient (Wildman–Crippen LogP) is 5.12. The number of halogens is 1. The van der Waals surface area contributed by atoms with Crippen LogP contribution in [0.4, 0.5) is 10.1 Å². The number of carbonyl (C=O) groups is 1. The number of amides is 1. The zero-order valence-corrected chi connectivity index (χ0v) is 18.4. The first-order valence-electron chi connectivity index (χ1n) is 9.88. The quantitative estimate of drug-likeness (QED) is 0.398. The summed E-state index contributed by atoms with van der Waals surface area (Å²) in [7, 11) is 1.62. The van der Waals surface area contributed by atoms with Crippen molar-refractivity contribution < 1.29 is 13.9 Å². The lowest BCUT2D eigenvalue weighted by molar-refractivity contribution is -0.113. The van der Waals surface area contributed by atoms with Crippen LogP contribution >= 0.6 is 11.8 Å². The molecular weight excluding hydrogens is 427 g/mol. The van der Waals surface area contributed by atoms with Gasteiger partial charge >= 0.3 is 0 Å². The molecule has 0 saturated carbocycles. The number of hydrogen-bond acceptors (Lipinski definition) is 5. The number of ether oxygens (including phenoxy) is 1. The van der Waals surface area contributed by atoms with Gasteiger partial charge in [-0.05, 0) is 55.5 Å². The lowest BCUT2D eigenvalue weighted by Crippen LogP contribution is -2.14. The summed E-state index contributed by atoms with van der Waals surface area (Å²) in [6.07, 6.45) is 0. The Balaban J connectivity index is 1.61. The van der Waals surface area contributed by atoms with E-state index in [0.717, 1.165) is 22.6 Å². The standard InChI is InChI=1S/C24H21FN4O2S/c1-16-5-3-6-17(13-16)23-27-28-24(29(23)20-9-11-21(31-2)12-10-20)32-15-22(30)26-19-8-4-7-18(25)14-19/h3-14H,15H2,1-2H3,(H,26,30). The Kier molecular flexibility index (Phi) is 6.51. The molecule has 0 aliphatic rings. The molecule has 32 heavy (non-hydrogen) atoms. The van der Waals surface area contributed by atoms with Crippen LogP contribution in [0, 0.1) is 12.7 Å². The van der Waals surface area contributed by atoms with Gasteiger partial charge in [0.15, 0.2) is 11.0 Å². The second-order valence-corrected chi connectivity index (χ2v) is 8.00. The number of methoxy groups -OCH3 is 1. The molecule has 162 valence electrons. The first kappa shape index (κ1) is 21.6. The summed E-state index contributed by atoms with van der Waals surface area (Å²) in [5.41, 5.74) is 3.29. The first-order valence-corrected chi connectivity index (χ1v) is 10.9. The minimum atomic E-state index is -0.405. The molecule has 4 rings (SSSR count). The molecule has 1 amide bonds. The molecule has 8 heteroatoms. The average Bonchev–Trinajstić information content (AvgIpc) is 3.22. The van der Waals surface area contributed by atoms with Gasteiger partial charge in [-0.1, -0.05) is 41.6 Å². The van der Waals surface area contributed by atoms with E-state index in [1.165, 1.54) is 23.9 Å². The highest BCUT2D eigenvalue weighted by molar-refractivity contribution is 7.99. The van der Waals surface area contributed by atoms with E-state index in [-0.39, 0.29) is 11.7 Å². The van der Waals surface area contributed by atoms with Crippen molar-refractivity contribution in [1.82, 2.24) is 14.8 Å². The van der Waals surface area contributed by atoms with E-state index < -0.39 is 5.82 Å². The molecule has 0 unspecified atom stereocenters. The van der Waals surface area contributed by atoms with Crippen LogP contribution in [0.25, 0.3) is 17.1 Å². The van der Waals surface area contributed by atoms with Gasteiger partial charge in [-0.2, -0.15) is 0 Å². The van der Waals surface area contributed by atoms with Crippen LogP contribution < -0.4 is 10.1 Å². The van der Waals surface area contributed by atoms with Gasteiger partial charge in [0.25, 0.3) is 0 Å². The number of carbonyl (C=O) groups excluding carboxylic acids is 1. The fraction of sp³-hybridized carbons (Fsp3) is 0.125. The Labute approximate surface area is 189 Å². The van der Waals surface area contributed by atoms with E-state index in [0.29, 0.717) is 16.7 Å². The van der Waals surface area contributed by atoms with Gasteiger partial charge < -0.3 is 10.1 Å². The molecule has 1 heterocycles. The summed E-state index contributed by atoms with van der Waals surface area (Å²) in [6.45, 7) is 2.02. The Morgan fingerprint density at radius 1 is 1.06 bits per heavy atom. The normalized spacial score (nSPS) is 10.7. The molecule has 0 atom stereocenters. The predicted molar refractivity (Wildman–Crippen MR) is 124 cm³/mol. The molecule has 6 nitrogen and oxygen atoms in total. The molecule has 4 aromatic rings. The molecule has 0 aliphatic heterocycles. The largest absolute Gasteiger partial charge is 0.497 e. The van der Waals surface area contributed by atoms with Gasteiger partial charge in [-0.25, -0.2) is 4.39 Å². The maximum atomic E-state index is 13.4. The van der Waals surface area contributed by atoms with Gasteiger partial charge in [0.1, 0.15) is 11.6 Å². The van der Waals surface area contributed by atoms with Crippen LogP contribution in [0.2, 0.25) is 0 Å². The number of aromatic nitrogens is 3. The van der Waals surface area contributed by atoms with Crippen LogP contribution in [0.5, 0.6) is 5.75 Å². The number of aryl methyl sites for hydroxylation is 1. The van der Waals surface area contributed by atoms with Crippen LogP contribution in [0.1, 0.15) is 5.56 Å². The number of rotatable bonds is 7. The Bertz CT molecular complexity index is 1240. The molecule has 0 radical (unpaired) electrons. The maximum absolute atomic E-state index is 13.4. The Hall–Kier alpha value is -3.65.